The maximum absolute atomic E-state index is 14.2. The zero-order valence-corrected chi connectivity index (χ0v) is 18.2. The SMILES string of the molecule is CCCO[Si](CCCCN(F)c1cc(F)c(F)c(F)c1F)(OCCC)OCCC. The van der Waals surface area contributed by atoms with Crippen LogP contribution in [0.2, 0.25) is 6.04 Å². The highest BCUT2D eigenvalue weighted by Crippen LogP contribution is 2.27. The molecule has 0 fully saturated rings. The average molecular weight is 444 g/mol. The van der Waals surface area contributed by atoms with Gasteiger partial charge in [0.25, 0.3) is 0 Å². The number of hydrogen-bond donors (Lipinski definition) is 0. The summed E-state index contributed by atoms with van der Waals surface area (Å²) in [4.78, 5) is 0. The Bertz CT molecular complexity index is 602. The summed E-state index contributed by atoms with van der Waals surface area (Å²) in [6.45, 7) is 7.01. The van der Waals surface area contributed by atoms with Crippen LogP contribution >= 0.6 is 0 Å². The van der Waals surface area contributed by atoms with Crippen molar-refractivity contribution < 1.29 is 35.3 Å². The van der Waals surface area contributed by atoms with E-state index in [1.807, 2.05) is 20.8 Å². The van der Waals surface area contributed by atoms with Gasteiger partial charge in [0.15, 0.2) is 23.3 Å². The number of anilines is 1. The average Bonchev–Trinajstić information content (AvgIpc) is 2.72. The van der Waals surface area contributed by atoms with Gasteiger partial charge in [0.2, 0.25) is 0 Å². The van der Waals surface area contributed by atoms with Crippen LogP contribution in [0, 0.1) is 23.3 Å². The van der Waals surface area contributed by atoms with Crippen molar-refractivity contribution in [2.75, 3.05) is 31.5 Å². The van der Waals surface area contributed by atoms with E-state index in [0.29, 0.717) is 38.4 Å². The summed E-state index contributed by atoms with van der Waals surface area (Å²) in [6, 6.07) is 0.737. The van der Waals surface area contributed by atoms with Gasteiger partial charge in [0, 0.05) is 31.9 Å². The van der Waals surface area contributed by atoms with Gasteiger partial charge in [-0.05, 0) is 32.1 Å². The van der Waals surface area contributed by atoms with Crippen molar-refractivity contribution in [3.05, 3.63) is 29.3 Å². The first kappa shape index (κ1) is 25.8. The molecule has 0 spiro atoms. The predicted molar refractivity (Wildman–Crippen MR) is 103 cm³/mol. The van der Waals surface area contributed by atoms with Gasteiger partial charge in [0.1, 0.15) is 5.69 Å². The molecule has 0 bridgehead atoms. The van der Waals surface area contributed by atoms with Gasteiger partial charge in [0.05, 0.1) is 6.54 Å². The van der Waals surface area contributed by atoms with E-state index in [0.717, 1.165) is 19.3 Å². The highest BCUT2D eigenvalue weighted by atomic mass is 28.4. The van der Waals surface area contributed by atoms with E-state index < -0.39 is 37.8 Å². The minimum Gasteiger partial charge on any atom is -0.373 e. The smallest absolute Gasteiger partial charge is 0.373 e. The molecule has 0 radical (unpaired) electrons. The Morgan fingerprint density at radius 2 is 1.31 bits per heavy atom. The van der Waals surface area contributed by atoms with E-state index in [1.54, 1.807) is 0 Å². The molecule has 1 rings (SSSR count). The Labute approximate surface area is 170 Å². The molecular weight excluding hydrogens is 413 g/mol. The first-order valence-electron chi connectivity index (χ1n) is 10.00. The number of hydrogen-bond acceptors (Lipinski definition) is 4. The molecule has 29 heavy (non-hydrogen) atoms. The van der Waals surface area contributed by atoms with Crippen LogP contribution in [0.15, 0.2) is 6.07 Å². The van der Waals surface area contributed by atoms with Crippen LogP contribution in [0.4, 0.5) is 27.7 Å². The summed E-state index contributed by atoms with van der Waals surface area (Å²) >= 11 is 0. The van der Waals surface area contributed by atoms with Crippen LogP contribution in [-0.4, -0.2) is 35.2 Å². The molecule has 4 nitrogen and oxygen atoms in total. The minimum atomic E-state index is -2.93. The van der Waals surface area contributed by atoms with Crippen LogP contribution in [-0.2, 0) is 13.3 Å². The van der Waals surface area contributed by atoms with E-state index in [1.165, 1.54) is 0 Å². The molecule has 10 heteroatoms. The molecule has 0 atom stereocenters. The van der Waals surface area contributed by atoms with Gasteiger partial charge in [-0.1, -0.05) is 25.3 Å². The molecule has 0 saturated heterocycles. The van der Waals surface area contributed by atoms with Crippen molar-refractivity contribution in [3.8, 4) is 0 Å². The van der Waals surface area contributed by atoms with Gasteiger partial charge >= 0.3 is 8.80 Å². The highest BCUT2D eigenvalue weighted by molar-refractivity contribution is 6.60. The second kappa shape index (κ2) is 13.1. The zero-order valence-electron chi connectivity index (χ0n) is 17.2. The lowest BCUT2D eigenvalue weighted by Gasteiger charge is -2.29. The molecule has 0 amide bonds. The molecule has 1 aromatic carbocycles. The van der Waals surface area contributed by atoms with Crippen molar-refractivity contribution in [2.45, 2.75) is 58.9 Å². The molecule has 0 aliphatic heterocycles. The van der Waals surface area contributed by atoms with Gasteiger partial charge in [-0.2, -0.15) is 0 Å². The first-order valence-corrected chi connectivity index (χ1v) is 11.9. The lowest BCUT2D eigenvalue weighted by molar-refractivity contribution is 0.0586. The third-order valence-electron chi connectivity index (χ3n) is 4.01. The number of rotatable bonds is 15. The Morgan fingerprint density at radius 1 is 0.793 bits per heavy atom. The minimum absolute atomic E-state index is 0.128. The van der Waals surface area contributed by atoms with Crippen LogP contribution in [0.1, 0.15) is 52.9 Å². The fourth-order valence-corrected chi connectivity index (χ4v) is 5.48. The fraction of sp³-hybridized carbons (Fsp3) is 0.684. The van der Waals surface area contributed by atoms with Crippen molar-refractivity contribution in [1.29, 1.82) is 0 Å². The normalized spacial score (nSPS) is 11.9. The second-order valence-electron chi connectivity index (χ2n) is 6.59. The standard InChI is InChI=1S/C19H30F5NO3Si/c1-4-10-26-29(27-11-5-2,28-12-6-3)13-8-7-9-25(24)16-14-15(20)17(21)19(23)18(16)22/h14H,4-13H2,1-3H3. The Hall–Kier alpha value is -1.23. The van der Waals surface area contributed by atoms with Crippen molar-refractivity contribution in [2.24, 2.45) is 0 Å². The van der Waals surface area contributed by atoms with Crippen molar-refractivity contribution in [3.63, 3.8) is 0 Å². The predicted octanol–water partition coefficient (Wildman–Crippen LogP) is 5.93. The largest absolute Gasteiger partial charge is 0.500 e. The maximum Gasteiger partial charge on any atom is 0.500 e. The Kier molecular flexibility index (Phi) is 11.7. The Morgan fingerprint density at radius 3 is 1.79 bits per heavy atom. The molecule has 0 aliphatic rings. The summed E-state index contributed by atoms with van der Waals surface area (Å²) in [6.07, 6.45) is 3.04. The first-order chi connectivity index (χ1) is 13.8. The quantitative estimate of drug-likeness (QED) is 0.0839. The van der Waals surface area contributed by atoms with E-state index in [4.69, 9.17) is 13.3 Å². The molecule has 1 aromatic rings. The second-order valence-corrected chi connectivity index (χ2v) is 9.32. The number of unbranched alkanes of at least 4 members (excludes halogenated alkanes) is 1. The van der Waals surface area contributed by atoms with Crippen molar-refractivity contribution >= 4 is 14.5 Å². The molecule has 0 heterocycles. The molecule has 0 unspecified atom stereocenters. The third kappa shape index (κ3) is 7.84. The molecule has 0 N–H and O–H groups in total. The maximum atomic E-state index is 14.2. The molecule has 0 aliphatic carbocycles. The van der Waals surface area contributed by atoms with Gasteiger partial charge in [-0.25, -0.2) is 22.7 Å². The molecule has 168 valence electrons. The van der Waals surface area contributed by atoms with Crippen molar-refractivity contribution in [1.82, 2.24) is 0 Å². The van der Waals surface area contributed by atoms with E-state index in [9.17, 15) is 22.0 Å². The summed E-state index contributed by atoms with van der Waals surface area (Å²) in [5, 5.41) is -0.128. The van der Waals surface area contributed by atoms with Crippen LogP contribution in [0.25, 0.3) is 0 Å². The van der Waals surface area contributed by atoms with Crippen LogP contribution in [0.3, 0.4) is 0 Å². The summed E-state index contributed by atoms with van der Waals surface area (Å²) < 4.78 is 85.2. The topological polar surface area (TPSA) is 30.9 Å². The Balaban J connectivity index is 2.71. The lowest BCUT2D eigenvalue weighted by atomic mass is 10.2. The van der Waals surface area contributed by atoms with Crippen LogP contribution in [0.5, 0.6) is 0 Å². The molecular formula is C19H30F5NO3Si. The molecule has 0 aromatic heterocycles. The van der Waals surface area contributed by atoms with E-state index in [-0.39, 0.29) is 18.1 Å². The summed E-state index contributed by atoms with van der Waals surface area (Å²) in [7, 11) is -2.93. The van der Waals surface area contributed by atoms with Gasteiger partial charge in [-0.3, -0.25) is 0 Å². The van der Waals surface area contributed by atoms with E-state index >= 15 is 0 Å². The summed E-state index contributed by atoms with van der Waals surface area (Å²) in [5.74, 6) is -7.42. The number of halogens is 5. The highest BCUT2D eigenvalue weighted by Gasteiger charge is 2.40. The lowest BCUT2D eigenvalue weighted by Crippen LogP contribution is -2.46. The third-order valence-corrected chi connectivity index (χ3v) is 6.91. The number of nitrogens with zero attached hydrogens (tertiary/aromatic N) is 1. The number of benzene rings is 1. The summed E-state index contributed by atoms with van der Waals surface area (Å²) in [5.41, 5.74) is -0.975. The van der Waals surface area contributed by atoms with E-state index in [2.05, 4.69) is 0 Å². The van der Waals surface area contributed by atoms with Crippen LogP contribution < -0.4 is 5.12 Å². The van der Waals surface area contributed by atoms with Gasteiger partial charge < -0.3 is 13.3 Å². The molecule has 0 saturated carbocycles. The van der Waals surface area contributed by atoms with Gasteiger partial charge in [-0.15, -0.1) is 0 Å². The fourth-order valence-electron chi connectivity index (χ4n) is 2.56. The zero-order chi connectivity index (χ0) is 21.9. The monoisotopic (exact) mass is 443 g/mol.